The minimum atomic E-state index is -1.12. The van der Waals surface area contributed by atoms with Crippen LogP contribution in [-0.4, -0.2) is 17.0 Å². The Balaban J connectivity index is 0.00000240. The van der Waals surface area contributed by atoms with Gasteiger partial charge in [-0.1, -0.05) is 18.2 Å². The quantitative estimate of drug-likeness (QED) is 0.460. The van der Waals surface area contributed by atoms with E-state index in [0.29, 0.717) is 21.3 Å². The second-order valence-corrected chi connectivity index (χ2v) is 8.97. The first kappa shape index (κ1) is 22.0. The smallest absolute Gasteiger partial charge is 0.550 e. The Hall–Kier alpha value is -1.68. The van der Waals surface area contributed by atoms with Crippen molar-refractivity contribution < 1.29 is 44.3 Å². The molecule has 2 aromatic heterocycles. The number of amidine groups is 1. The number of carboxylic acids is 1. The standard InChI is InChI=1S/C20H14N2O3S3.Na/c23-18(24)10-12-3-5-13(6-4-12)21-20-22-19(25)17(28-20)11-14-7-8-16(27-14)15-2-1-9-26-15;/h1-9,11H,10H2,(H,23,24)(H,21,22,25);/q;+1/p-1. The molecule has 1 aliphatic rings. The number of carbonyl (C=O) groups excluding carboxylic acids is 2. The summed E-state index contributed by atoms with van der Waals surface area (Å²) in [6.45, 7) is 0. The van der Waals surface area contributed by atoms with Gasteiger partial charge in [0.2, 0.25) is 0 Å². The van der Waals surface area contributed by atoms with Crippen molar-refractivity contribution in [3.8, 4) is 9.75 Å². The summed E-state index contributed by atoms with van der Waals surface area (Å²) in [5.41, 5.74) is 1.29. The number of nitrogens with one attached hydrogen (secondary N) is 1. The monoisotopic (exact) mass is 448 g/mol. The fourth-order valence-corrected chi connectivity index (χ4v) is 5.26. The largest absolute Gasteiger partial charge is 1.00 e. The average Bonchev–Trinajstić information content (AvgIpc) is 3.39. The molecule has 1 aliphatic heterocycles. The Kier molecular flexibility index (Phi) is 7.50. The number of aliphatic carboxylic acids is 1. The van der Waals surface area contributed by atoms with Gasteiger partial charge in [-0.05, 0) is 59.1 Å². The summed E-state index contributed by atoms with van der Waals surface area (Å²) >= 11 is 4.61. The molecule has 0 spiro atoms. The van der Waals surface area contributed by atoms with Crippen LogP contribution in [0.3, 0.4) is 0 Å². The van der Waals surface area contributed by atoms with Crippen molar-refractivity contribution in [2.75, 3.05) is 0 Å². The van der Waals surface area contributed by atoms with E-state index in [1.165, 1.54) is 21.5 Å². The molecule has 0 saturated carbocycles. The number of rotatable bonds is 5. The van der Waals surface area contributed by atoms with Crippen LogP contribution in [0.5, 0.6) is 0 Å². The van der Waals surface area contributed by atoms with Gasteiger partial charge in [0, 0.05) is 27.0 Å². The molecule has 1 amide bonds. The predicted octanol–water partition coefficient (Wildman–Crippen LogP) is 0.665. The molecule has 3 heterocycles. The molecule has 1 N–H and O–H groups in total. The fourth-order valence-electron chi connectivity index (χ4n) is 2.56. The Morgan fingerprint density at radius 3 is 2.59 bits per heavy atom. The van der Waals surface area contributed by atoms with Crippen LogP contribution >= 0.6 is 34.4 Å². The minimum absolute atomic E-state index is 0. The van der Waals surface area contributed by atoms with E-state index in [9.17, 15) is 14.7 Å². The molecule has 0 radical (unpaired) electrons. The van der Waals surface area contributed by atoms with Crippen LogP contribution in [0.15, 0.2) is 63.8 Å². The number of amides is 1. The van der Waals surface area contributed by atoms with Gasteiger partial charge in [0.1, 0.15) is 0 Å². The summed E-state index contributed by atoms with van der Waals surface area (Å²) in [5.74, 6) is -1.30. The van der Waals surface area contributed by atoms with Crippen LogP contribution in [0, 0.1) is 0 Å². The van der Waals surface area contributed by atoms with Gasteiger partial charge in [-0.3, -0.25) is 4.79 Å². The van der Waals surface area contributed by atoms with Crippen molar-refractivity contribution in [2.24, 2.45) is 4.99 Å². The molecule has 3 aromatic rings. The molecule has 0 atom stereocenters. The molecule has 1 aromatic carbocycles. The molecule has 29 heavy (non-hydrogen) atoms. The maximum atomic E-state index is 12.2. The molecule has 9 heteroatoms. The first-order chi connectivity index (χ1) is 13.6. The molecule has 5 nitrogen and oxygen atoms in total. The number of nitrogens with zero attached hydrogens (tertiary/aromatic N) is 1. The molecule has 1 fully saturated rings. The van der Waals surface area contributed by atoms with Gasteiger partial charge in [0.05, 0.1) is 10.6 Å². The van der Waals surface area contributed by atoms with Gasteiger partial charge in [0.25, 0.3) is 5.91 Å². The Morgan fingerprint density at radius 2 is 1.90 bits per heavy atom. The number of carbonyl (C=O) groups is 2. The van der Waals surface area contributed by atoms with Crippen LogP contribution < -0.4 is 40.0 Å². The zero-order chi connectivity index (χ0) is 19.5. The molecule has 4 rings (SSSR count). The number of thioether (sulfide) groups is 1. The third kappa shape index (κ3) is 5.69. The summed E-state index contributed by atoms with van der Waals surface area (Å²) in [6, 6.07) is 15.0. The van der Waals surface area contributed by atoms with Crippen molar-refractivity contribution in [3.05, 3.63) is 69.3 Å². The summed E-state index contributed by atoms with van der Waals surface area (Å²) < 4.78 is 0. The molecule has 0 unspecified atom stereocenters. The maximum Gasteiger partial charge on any atom is 1.00 e. The first-order valence-corrected chi connectivity index (χ1v) is 10.8. The molecule has 0 aliphatic carbocycles. The summed E-state index contributed by atoms with van der Waals surface area (Å²) in [4.78, 5) is 31.3. The molecule has 1 saturated heterocycles. The van der Waals surface area contributed by atoms with Crippen LogP contribution in [0.1, 0.15) is 10.4 Å². The van der Waals surface area contributed by atoms with E-state index >= 15 is 0 Å². The van der Waals surface area contributed by atoms with Crippen molar-refractivity contribution >= 4 is 63.2 Å². The van der Waals surface area contributed by atoms with Crippen LogP contribution in [0.2, 0.25) is 0 Å². The van der Waals surface area contributed by atoms with Crippen LogP contribution in [0.4, 0.5) is 5.69 Å². The van der Waals surface area contributed by atoms with Crippen LogP contribution in [-0.2, 0) is 16.0 Å². The van der Waals surface area contributed by atoms with Gasteiger partial charge in [0.15, 0.2) is 5.17 Å². The zero-order valence-corrected chi connectivity index (χ0v) is 19.8. The SMILES string of the molecule is O=C([O-])Cc1ccc(N=C2NC(=O)C(=Cc3ccc(-c4cccs4)s3)S2)cc1.[Na+]. The molecular weight excluding hydrogens is 435 g/mol. The Bertz CT molecular complexity index is 1090. The fraction of sp³-hybridized carbons (Fsp3) is 0.0500. The van der Waals surface area contributed by atoms with Gasteiger partial charge in [-0.25, -0.2) is 4.99 Å². The summed E-state index contributed by atoms with van der Waals surface area (Å²) in [6.07, 6.45) is 1.73. The van der Waals surface area contributed by atoms with E-state index < -0.39 is 5.97 Å². The van der Waals surface area contributed by atoms with E-state index in [-0.39, 0.29) is 41.9 Å². The second kappa shape index (κ2) is 9.88. The number of benzene rings is 1. The van der Waals surface area contributed by atoms with E-state index in [1.807, 2.05) is 23.6 Å². The zero-order valence-electron chi connectivity index (χ0n) is 15.4. The number of thiophene rings is 2. The van der Waals surface area contributed by atoms with E-state index in [4.69, 9.17) is 0 Å². The Labute approximate surface area is 201 Å². The predicted molar refractivity (Wildman–Crippen MR) is 114 cm³/mol. The molecular formula is C20H13N2NaO3S3. The minimum Gasteiger partial charge on any atom is -0.550 e. The van der Waals surface area contributed by atoms with Crippen molar-refractivity contribution in [1.82, 2.24) is 5.32 Å². The number of hydrogen-bond acceptors (Lipinski definition) is 7. The van der Waals surface area contributed by atoms with E-state index in [2.05, 4.69) is 22.4 Å². The average molecular weight is 449 g/mol. The second-order valence-electron chi connectivity index (χ2n) is 5.88. The van der Waals surface area contributed by atoms with Crippen molar-refractivity contribution in [1.29, 1.82) is 0 Å². The van der Waals surface area contributed by atoms with Crippen molar-refractivity contribution in [2.45, 2.75) is 6.42 Å². The summed E-state index contributed by atoms with van der Waals surface area (Å²) in [5, 5.41) is 15.9. The van der Waals surface area contributed by atoms with Gasteiger partial charge >= 0.3 is 29.6 Å². The third-order valence-corrected chi connectivity index (χ3v) is 6.84. The molecule has 0 bridgehead atoms. The Morgan fingerprint density at radius 1 is 1.10 bits per heavy atom. The summed E-state index contributed by atoms with van der Waals surface area (Å²) in [7, 11) is 0. The normalized spacial score (nSPS) is 16.1. The van der Waals surface area contributed by atoms with E-state index in [0.717, 1.165) is 4.88 Å². The maximum absolute atomic E-state index is 12.2. The first-order valence-electron chi connectivity index (χ1n) is 8.29. The van der Waals surface area contributed by atoms with E-state index in [1.54, 1.807) is 46.9 Å². The van der Waals surface area contributed by atoms with Crippen LogP contribution in [0.25, 0.3) is 15.8 Å². The number of hydrogen-bond donors (Lipinski definition) is 1. The topological polar surface area (TPSA) is 81.6 Å². The van der Waals surface area contributed by atoms with Gasteiger partial charge in [-0.2, -0.15) is 0 Å². The van der Waals surface area contributed by atoms with Gasteiger partial charge in [-0.15, -0.1) is 22.7 Å². The number of aliphatic imine (C=N–C) groups is 1. The van der Waals surface area contributed by atoms with Gasteiger partial charge < -0.3 is 15.2 Å². The third-order valence-electron chi connectivity index (χ3n) is 3.83. The number of carboxylic acid groups (broad SMARTS) is 1. The van der Waals surface area contributed by atoms with Crippen molar-refractivity contribution in [3.63, 3.8) is 0 Å². The molecule has 140 valence electrons.